The number of halogens is 2. The number of ether oxygens (including phenoxy) is 1. The molecule has 128 valence electrons. The highest BCUT2D eigenvalue weighted by molar-refractivity contribution is 7.15. The Hall–Kier alpha value is -2.15. The Morgan fingerprint density at radius 2 is 1.92 bits per heavy atom. The summed E-state index contributed by atoms with van der Waals surface area (Å²) in [4.78, 5) is 11.9. The van der Waals surface area contributed by atoms with Crippen LogP contribution in [0.25, 0.3) is 0 Å². The standard InChI is InChI=1S/C17H13Cl2N3O2S/c18-12-7-6-11(14(19)9-12)8-16-21-22-17(25-16)20-15(23)10-24-13-4-2-1-3-5-13/h1-7,9H,8,10H2,(H,20,22,23). The second kappa shape index (κ2) is 8.29. The Morgan fingerprint density at radius 3 is 2.68 bits per heavy atom. The lowest BCUT2D eigenvalue weighted by Crippen LogP contribution is -2.20. The van der Waals surface area contributed by atoms with E-state index in [2.05, 4.69) is 15.5 Å². The van der Waals surface area contributed by atoms with Gasteiger partial charge in [0, 0.05) is 16.5 Å². The molecule has 0 fully saturated rings. The Labute approximate surface area is 158 Å². The Balaban J connectivity index is 1.55. The second-order valence-corrected chi connectivity index (χ2v) is 6.97. The summed E-state index contributed by atoms with van der Waals surface area (Å²) in [5, 5.41) is 13.0. The van der Waals surface area contributed by atoms with Crippen LogP contribution in [0.3, 0.4) is 0 Å². The molecule has 0 aliphatic rings. The van der Waals surface area contributed by atoms with Crippen LogP contribution in [0.4, 0.5) is 5.13 Å². The summed E-state index contributed by atoms with van der Waals surface area (Å²) in [6, 6.07) is 14.4. The molecule has 1 heterocycles. The molecule has 0 spiro atoms. The lowest BCUT2D eigenvalue weighted by molar-refractivity contribution is -0.118. The second-order valence-electron chi connectivity index (χ2n) is 5.06. The number of rotatable bonds is 6. The number of hydrogen-bond donors (Lipinski definition) is 1. The fourth-order valence-electron chi connectivity index (χ4n) is 2.02. The topological polar surface area (TPSA) is 64.1 Å². The van der Waals surface area contributed by atoms with Crippen molar-refractivity contribution in [2.45, 2.75) is 6.42 Å². The molecule has 2 aromatic carbocycles. The fourth-order valence-corrected chi connectivity index (χ4v) is 3.28. The van der Waals surface area contributed by atoms with E-state index in [1.54, 1.807) is 24.3 Å². The zero-order chi connectivity index (χ0) is 17.6. The summed E-state index contributed by atoms with van der Waals surface area (Å²) in [6.07, 6.45) is 0.518. The monoisotopic (exact) mass is 393 g/mol. The van der Waals surface area contributed by atoms with Crippen LogP contribution in [-0.2, 0) is 11.2 Å². The molecule has 8 heteroatoms. The summed E-state index contributed by atoms with van der Waals surface area (Å²) < 4.78 is 5.38. The van der Waals surface area contributed by atoms with Gasteiger partial charge in [0.05, 0.1) is 0 Å². The molecule has 3 rings (SSSR count). The van der Waals surface area contributed by atoms with E-state index in [0.717, 1.165) is 10.6 Å². The van der Waals surface area contributed by atoms with Crippen molar-refractivity contribution in [2.75, 3.05) is 11.9 Å². The van der Waals surface area contributed by atoms with E-state index in [-0.39, 0.29) is 12.5 Å². The molecule has 1 N–H and O–H groups in total. The van der Waals surface area contributed by atoms with Gasteiger partial charge >= 0.3 is 0 Å². The van der Waals surface area contributed by atoms with E-state index in [4.69, 9.17) is 27.9 Å². The van der Waals surface area contributed by atoms with Crippen LogP contribution < -0.4 is 10.1 Å². The molecule has 0 radical (unpaired) electrons. The van der Waals surface area contributed by atoms with Crippen LogP contribution in [-0.4, -0.2) is 22.7 Å². The summed E-state index contributed by atoms with van der Waals surface area (Å²) in [6.45, 7) is -0.0953. The minimum absolute atomic E-state index is 0.0953. The van der Waals surface area contributed by atoms with E-state index < -0.39 is 0 Å². The maximum absolute atomic E-state index is 11.9. The minimum atomic E-state index is -0.295. The van der Waals surface area contributed by atoms with Gasteiger partial charge in [0.2, 0.25) is 5.13 Å². The molecule has 0 aliphatic heterocycles. The van der Waals surface area contributed by atoms with Gasteiger partial charge in [-0.3, -0.25) is 10.1 Å². The summed E-state index contributed by atoms with van der Waals surface area (Å²) in [7, 11) is 0. The fraction of sp³-hybridized carbons (Fsp3) is 0.118. The molecule has 0 aliphatic carbocycles. The molecule has 1 amide bonds. The smallest absolute Gasteiger partial charge is 0.264 e. The van der Waals surface area contributed by atoms with Crippen LogP contribution in [0.2, 0.25) is 10.0 Å². The number of para-hydroxylation sites is 1. The molecule has 1 aromatic heterocycles. The number of nitrogens with zero attached hydrogens (tertiary/aromatic N) is 2. The largest absolute Gasteiger partial charge is 0.484 e. The third kappa shape index (κ3) is 5.16. The lowest BCUT2D eigenvalue weighted by Gasteiger charge is -2.04. The van der Waals surface area contributed by atoms with Gasteiger partial charge < -0.3 is 4.74 Å². The molecule has 0 saturated heterocycles. The normalized spacial score (nSPS) is 10.5. The molecule has 0 bridgehead atoms. The molecule has 0 unspecified atom stereocenters. The third-order valence-electron chi connectivity index (χ3n) is 3.18. The van der Waals surface area contributed by atoms with Crippen molar-refractivity contribution in [3.63, 3.8) is 0 Å². The van der Waals surface area contributed by atoms with E-state index >= 15 is 0 Å². The highest BCUT2D eigenvalue weighted by Gasteiger charge is 2.11. The van der Waals surface area contributed by atoms with E-state index in [0.29, 0.717) is 27.3 Å². The molecule has 25 heavy (non-hydrogen) atoms. The highest BCUT2D eigenvalue weighted by atomic mass is 35.5. The zero-order valence-corrected chi connectivity index (χ0v) is 15.2. The molecule has 5 nitrogen and oxygen atoms in total. The number of hydrogen-bond acceptors (Lipinski definition) is 5. The van der Waals surface area contributed by atoms with Crippen molar-refractivity contribution < 1.29 is 9.53 Å². The molecular formula is C17H13Cl2N3O2S. The van der Waals surface area contributed by atoms with Crippen molar-refractivity contribution in [1.29, 1.82) is 0 Å². The number of carbonyl (C=O) groups is 1. The van der Waals surface area contributed by atoms with Crippen molar-refractivity contribution in [3.8, 4) is 5.75 Å². The summed E-state index contributed by atoms with van der Waals surface area (Å²) in [5.41, 5.74) is 0.896. The molecular weight excluding hydrogens is 381 g/mol. The first-order valence-electron chi connectivity index (χ1n) is 7.34. The van der Waals surface area contributed by atoms with Crippen molar-refractivity contribution in [1.82, 2.24) is 10.2 Å². The molecule has 0 atom stereocenters. The van der Waals surface area contributed by atoms with Gasteiger partial charge in [-0.1, -0.05) is 58.8 Å². The summed E-state index contributed by atoms with van der Waals surface area (Å²) >= 11 is 13.3. The first kappa shape index (κ1) is 17.7. The Kier molecular flexibility index (Phi) is 5.86. The van der Waals surface area contributed by atoms with E-state index in [1.807, 2.05) is 24.3 Å². The number of carbonyl (C=O) groups excluding carboxylic acids is 1. The van der Waals surface area contributed by atoms with Crippen LogP contribution in [0.1, 0.15) is 10.6 Å². The first-order valence-corrected chi connectivity index (χ1v) is 8.91. The summed E-state index contributed by atoms with van der Waals surface area (Å²) in [5.74, 6) is 0.337. The first-order chi connectivity index (χ1) is 12.1. The molecule has 0 saturated carbocycles. The predicted molar refractivity (Wildman–Crippen MR) is 99.7 cm³/mol. The van der Waals surface area contributed by atoms with Crippen LogP contribution in [0.5, 0.6) is 5.75 Å². The van der Waals surface area contributed by atoms with Crippen molar-refractivity contribution >= 4 is 45.6 Å². The van der Waals surface area contributed by atoms with Gasteiger partial charge in [0.15, 0.2) is 6.61 Å². The Bertz CT molecular complexity index is 871. The minimum Gasteiger partial charge on any atom is -0.484 e. The van der Waals surface area contributed by atoms with Gasteiger partial charge in [-0.15, -0.1) is 10.2 Å². The van der Waals surface area contributed by atoms with Gasteiger partial charge in [0.1, 0.15) is 10.8 Å². The maximum atomic E-state index is 11.9. The SMILES string of the molecule is O=C(COc1ccccc1)Nc1nnc(Cc2ccc(Cl)cc2Cl)s1. The van der Waals surface area contributed by atoms with Crippen LogP contribution >= 0.6 is 34.5 Å². The number of benzene rings is 2. The zero-order valence-electron chi connectivity index (χ0n) is 12.9. The maximum Gasteiger partial charge on any atom is 0.264 e. The average molecular weight is 394 g/mol. The van der Waals surface area contributed by atoms with Crippen molar-refractivity contribution in [2.24, 2.45) is 0 Å². The molecule has 3 aromatic rings. The number of anilines is 1. The van der Waals surface area contributed by atoms with Gasteiger partial charge in [-0.05, 0) is 29.8 Å². The quantitative estimate of drug-likeness (QED) is 0.671. The van der Waals surface area contributed by atoms with Gasteiger partial charge in [-0.2, -0.15) is 0 Å². The van der Waals surface area contributed by atoms with Gasteiger partial charge in [-0.25, -0.2) is 0 Å². The average Bonchev–Trinajstić information content (AvgIpc) is 3.03. The lowest BCUT2D eigenvalue weighted by atomic mass is 10.2. The number of amides is 1. The Morgan fingerprint density at radius 1 is 1.12 bits per heavy atom. The number of nitrogens with one attached hydrogen (secondary N) is 1. The van der Waals surface area contributed by atoms with E-state index in [9.17, 15) is 4.79 Å². The number of aromatic nitrogens is 2. The van der Waals surface area contributed by atoms with Crippen LogP contribution in [0.15, 0.2) is 48.5 Å². The highest BCUT2D eigenvalue weighted by Crippen LogP contribution is 2.25. The van der Waals surface area contributed by atoms with Gasteiger partial charge in [0.25, 0.3) is 5.91 Å². The van der Waals surface area contributed by atoms with Crippen molar-refractivity contribution in [3.05, 3.63) is 69.1 Å². The van der Waals surface area contributed by atoms with Crippen LogP contribution in [0, 0.1) is 0 Å². The van der Waals surface area contributed by atoms with E-state index in [1.165, 1.54) is 11.3 Å². The third-order valence-corrected chi connectivity index (χ3v) is 4.61. The predicted octanol–water partition coefficient (Wildman–Crippen LogP) is 4.45.